The third kappa shape index (κ3) is 3.75. The predicted molar refractivity (Wildman–Crippen MR) is 97.5 cm³/mol. The van der Waals surface area contributed by atoms with E-state index in [9.17, 15) is 4.79 Å². The maximum Gasteiger partial charge on any atom is 0.257 e. The van der Waals surface area contributed by atoms with Crippen LogP contribution in [-0.4, -0.2) is 74.9 Å². The van der Waals surface area contributed by atoms with E-state index in [0.717, 1.165) is 37.3 Å². The summed E-state index contributed by atoms with van der Waals surface area (Å²) in [5.74, 6) is 0.289. The molecule has 1 unspecified atom stereocenters. The number of nitrogens with zero attached hydrogens (tertiary/aromatic N) is 5. The smallest absolute Gasteiger partial charge is 0.257 e. The van der Waals surface area contributed by atoms with Crippen LogP contribution < -0.4 is 0 Å². The number of H-pyrrole nitrogens is 1. The van der Waals surface area contributed by atoms with Gasteiger partial charge < -0.3 is 9.64 Å². The second-order valence-corrected chi connectivity index (χ2v) is 8.03. The van der Waals surface area contributed by atoms with Gasteiger partial charge in [0.15, 0.2) is 0 Å². The summed E-state index contributed by atoms with van der Waals surface area (Å²) >= 11 is 7.35. The van der Waals surface area contributed by atoms with Gasteiger partial charge in [-0.1, -0.05) is 16.1 Å². The highest BCUT2D eigenvalue weighted by Crippen LogP contribution is 2.30. The van der Waals surface area contributed by atoms with E-state index < -0.39 is 0 Å². The highest BCUT2D eigenvalue weighted by molar-refractivity contribution is 7.10. The average molecular weight is 397 g/mol. The molecule has 0 aliphatic carbocycles. The maximum absolute atomic E-state index is 12.9. The molecule has 0 bridgehead atoms. The van der Waals surface area contributed by atoms with Gasteiger partial charge in [0.05, 0.1) is 30.7 Å². The molecular weight excluding hydrogens is 376 g/mol. The largest absolute Gasteiger partial charge is 0.378 e. The van der Waals surface area contributed by atoms with Crippen LogP contribution in [0.25, 0.3) is 0 Å². The Labute approximate surface area is 160 Å². The monoisotopic (exact) mass is 396 g/mol. The molecule has 140 valence electrons. The number of carbonyl (C=O) groups is 1. The fourth-order valence-corrected chi connectivity index (χ4v) is 4.26. The van der Waals surface area contributed by atoms with Gasteiger partial charge in [-0.15, -0.1) is 5.10 Å². The van der Waals surface area contributed by atoms with Crippen molar-refractivity contribution in [2.24, 2.45) is 0 Å². The molecule has 2 fully saturated rings. The molecule has 4 rings (SSSR count). The molecule has 10 heteroatoms. The molecule has 0 aromatic carbocycles. The fraction of sp³-hybridized carbons (Fsp3) is 0.625. The molecule has 0 saturated carbocycles. The SMILES string of the molecule is O=C(c1cn[nH]c1C1CCCN(Cc2nnsc2Cl)C1)N1CCOCC1. The van der Waals surface area contributed by atoms with Crippen LogP contribution in [0.5, 0.6) is 0 Å². The first-order valence-corrected chi connectivity index (χ1v) is 9.97. The van der Waals surface area contributed by atoms with Gasteiger partial charge >= 0.3 is 0 Å². The summed E-state index contributed by atoms with van der Waals surface area (Å²) in [4.78, 5) is 17.0. The molecule has 0 spiro atoms. The normalized spacial score (nSPS) is 21.9. The van der Waals surface area contributed by atoms with Crippen molar-refractivity contribution in [3.05, 3.63) is 27.5 Å². The molecule has 1 atom stereocenters. The third-order valence-electron chi connectivity index (χ3n) is 4.99. The number of aromatic nitrogens is 4. The third-order valence-corrected chi connectivity index (χ3v) is 5.98. The first kappa shape index (κ1) is 17.8. The average Bonchev–Trinajstić information content (AvgIpc) is 3.32. The number of morpholine rings is 1. The van der Waals surface area contributed by atoms with Crippen LogP contribution in [0.2, 0.25) is 4.34 Å². The Hall–Kier alpha value is -1.55. The number of hydrogen-bond acceptors (Lipinski definition) is 7. The lowest BCUT2D eigenvalue weighted by molar-refractivity contribution is 0.0301. The zero-order chi connectivity index (χ0) is 17.9. The number of carbonyl (C=O) groups excluding carboxylic acids is 1. The van der Waals surface area contributed by atoms with Crippen LogP contribution in [0, 0.1) is 0 Å². The lowest BCUT2D eigenvalue weighted by Crippen LogP contribution is -2.41. The van der Waals surface area contributed by atoms with Crippen molar-refractivity contribution in [3.8, 4) is 0 Å². The number of hydrogen-bond donors (Lipinski definition) is 1. The van der Waals surface area contributed by atoms with Gasteiger partial charge in [-0.25, -0.2) is 0 Å². The first-order chi connectivity index (χ1) is 12.7. The topological polar surface area (TPSA) is 87.2 Å². The zero-order valence-corrected chi connectivity index (χ0v) is 15.9. The summed E-state index contributed by atoms with van der Waals surface area (Å²) in [6.45, 7) is 4.99. The lowest BCUT2D eigenvalue weighted by atomic mass is 9.92. The Balaban J connectivity index is 1.46. The number of amides is 1. The van der Waals surface area contributed by atoms with Crippen LogP contribution in [0.4, 0.5) is 0 Å². The summed E-state index contributed by atoms with van der Waals surface area (Å²) < 4.78 is 9.89. The standard InChI is InChI=1S/C16H21ClN6O2S/c17-15-13(19-21-26-15)10-22-3-1-2-11(9-22)14-12(8-18-20-14)16(24)23-4-6-25-7-5-23/h8,11H,1-7,9-10H2,(H,18,20). The molecule has 2 aromatic heterocycles. The second-order valence-electron chi connectivity index (χ2n) is 6.67. The molecule has 2 saturated heterocycles. The van der Waals surface area contributed by atoms with E-state index in [1.807, 2.05) is 4.90 Å². The predicted octanol–water partition coefficient (Wildman–Crippen LogP) is 1.77. The van der Waals surface area contributed by atoms with Gasteiger partial charge in [-0.05, 0) is 19.4 Å². The van der Waals surface area contributed by atoms with Gasteiger partial charge in [0.1, 0.15) is 10.0 Å². The van der Waals surface area contributed by atoms with Crippen molar-refractivity contribution in [2.45, 2.75) is 25.3 Å². The van der Waals surface area contributed by atoms with E-state index in [1.165, 1.54) is 11.5 Å². The lowest BCUT2D eigenvalue weighted by Gasteiger charge is -2.32. The Morgan fingerprint density at radius 3 is 3.00 bits per heavy atom. The molecule has 8 nitrogen and oxygen atoms in total. The van der Waals surface area contributed by atoms with E-state index in [2.05, 4.69) is 24.7 Å². The number of likely N-dealkylation sites (tertiary alicyclic amines) is 1. The number of rotatable bonds is 4. The van der Waals surface area contributed by atoms with E-state index >= 15 is 0 Å². The highest BCUT2D eigenvalue weighted by atomic mass is 35.5. The Kier molecular flexibility index (Phi) is 5.49. The van der Waals surface area contributed by atoms with Crippen molar-refractivity contribution < 1.29 is 9.53 Å². The summed E-state index contributed by atoms with van der Waals surface area (Å²) in [5.41, 5.74) is 2.45. The molecule has 26 heavy (non-hydrogen) atoms. The van der Waals surface area contributed by atoms with Gasteiger partial charge in [-0.3, -0.25) is 14.8 Å². The number of halogens is 1. The maximum atomic E-state index is 12.9. The zero-order valence-electron chi connectivity index (χ0n) is 14.4. The number of piperidine rings is 1. The van der Waals surface area contributed by atoms with Gasteiger partial charge in [0.25, 0.3) is 5.91 Å². The molecule has 4 heterocycles. The minimum Gasteiger partial charge on any atom is -0.378 e. The van der Waals surface area contributed by atoms with E-state index in [-0.39, 0.29) is 11.8 Å². The number of aromatic amines is 1. The molecule has 2 aliphatic rings. The van der Waals surface area contributed by atoms with Gasteiger partial charge in [0.2, 0.25) is 0 Å². The Morgan fingerprint density at radius 1 is 1.38 bits per heavy atom. The van der Waals surface area contributed by atoms with E-state index in [0.29, 0.717) is 42.7 Å². The Morgan fingerprint density at radius 2 is 2.23 bits per heavy atom. The number of ether oxygens (including phenoxy) is 1. The van der Waals surface area contributed by atoms with Crippen molar-refractivity contribution in [1.29, 1.82) is 0 Å². The first-order valence-electron chi connectivity index (χ1n) is 8.81. The summed E-state index contributed by atoms with van der Waals surface area (Å²) in [5, 5.41) is 11.3. The van der Waals surface area contributed by atoms with Crippen LogP contribution in [-0.2, 0) is 11.3 Å². The van der Waals surface area contributed by atoms with Gasteiger partial charge in [0, 0.05) is 43.6 Å². The van der Waals surface area contributed by atoms with Crippen molar-refractivity contribution in [2.75, 3.05) is 39.4 Å². The second kappa shape index (κ2) is 7.99. The fourth-order valence-electron chi connectivity index (χ4n) is 3.65. The van der Waals surface area contributed by atoms with Crippen molar-refractivity contribution in [3.63, 3.8) is 0 Å². The van der Waals surface area contributed by atoms with Crippen LogP contribution >= 0.6 is 23.1 Å². The van der Waals surface area contributed by atoms with E-state index in [4.69, 9.17) is 16.3 Å². The highest BCUT2D eigenvalue weighted by Gasteiger charge is 2.29. The van der Waals surface area contributed by atoms with Crippen LogP contribution in [0.3, 0.4) is 0 Å². The van der Waals surface area contributed by atoms with E-state index in [1.54, 1.807) is 6.20 Å². The van der Waals surface area contributed by atoms with Crippen LogP contribution in [0.15, 0.2) is 6.20 Å². The Bertz CT molecular complexity index is 760. The molecule has 1 amide bonds. The minimum absolute atomic E-state index is 0.0425. The summed E-state index contributed by atoms with van der Waals surface area (Å²) in [7, 11) is 0. The molecule has 2 aromatic rings. The number of nitrogens with one attached hydrogen (secondary N) is 1. The van der Waals surface area contributed by atoms with Crippen molar-refractivity contribution in [1.82, 2.24) is 29.6 Å². The molecule has 1 N–H and O–H groups in total. The van der Waals surface area contributed by atoms with Crippen LogP contribution in [0.1, 0.15) is 40.5 Å². The quantitative estimate of drug-likeness (QED) is 0.847. The minimum atomic E-state index is 0.0425. The molecule has 2 aliphatic heterocycles. The molecule has 0 radical (unpaired) electrons. The van der Waals surface area contributed by atoms with Crippen molar-refractivity contribution >= 4 is 29.0 Å². The summed E-state index contributed by atoms with van der Waals surface area (Å²) in [6, 6.07) is 0. The molecular formula is C16H21ClN6O2S. The van der Waals surface area contributed by atoms with Gasteiger partial charge in [-0.2, -0.15) is 5.10 Å². The summed E-state index contributed by atoms with van der Waals surface area (Å²) in [6.07, 6.45) is 3.75.